The highest BCUT2D eigenvalue weighted by atomic mass is 16.6. The van der Waals surface area contributed by atoms with Gasteiger partial charge in [-0.15, -0.1) is 0 Å². The van der Waals surface area contributed by atoms with Crippen LogP contribution in [0.15, 0.2) is 17.2 Å². The molecule has 4 atom stereocenters. The number of ether oxygens (including phenoxy) is 1. The zero-order valence-corrected chi connectivity index (χ0v) is 8.80. The van der Waals surface area contributed by atoms with Gasteiger partial charge in [-0.25, -0.2) is 4.98 Å². The fraction of sp³-hybridized carbons (Fsp3) is 0.556. The van der Waals surface area contributed by atoms with Crippen LogP contribution in [-0.2, 0) is 4.74 Å². The summed E-state index contributed by atoms with van der Waals surface area (Å²) in [6, 6.07) is 1.08. The third-order valence-corrected chi connectivity index (χ3v) is 2.65. The highest BCUT2D eigenvalue weighted by molar-refractivity contribution is 5.23. The maximum absolute atomic E-state index is 11.6. The van der Waals surface area contributed by atoms with Gasteiger partial charge in [0.25, 0.3) is 5.56 Å². The Hall–Kier alpha value is -1.48. The predicted octanol–water partition coefficient (Wildman–Crippen LogP) is -2.56. The van der Waals surface area contributed by atoms with Crippen molar-refractivity contribution in [3.05, 3.63) is 22.7 Å². The summed E-state index contributed by atoms with van der Waals surface area (Å²) in [5, 5.41) is 28.2. The standard InChI is InChI=1S/C9H13N3O5/c10-5-1-6(14)12(3-11-5)9-8(16)7(15)4(2-13)17-9/h1,3-4,7-9,13,15-16H,2,10H2/t4-,7-,8-,9-/m1/s1. The highest BCUT2D eigenvalue weighted by Crippen LogP contribution is 2.27. The number of aromatic nitrogens is 2. The molecule has 0 bridgehead atoms. The van der Waals surface area contributed by atoms with Crippen LogP contribution in [0.4, 0.5) is 5.82 Å². The number of nitrogens with two attached hydrogens (primary N) is 1. The van der Waals surface area contributed by atoms with Gasteiger partial charge in [0.05, 0.1) is 6.61 Å². The van der Waals surface area contributed by atoms with Gasteiger partial charge < -0.3 is 25.8 Å². The molecule has 1 fully saturated rings. The van der Waals surface area contributed by atoms with Crippen LogP contribution < -0.4 is 11.3 Å². The molecule has 0 aromatic carbocycles. The van der Waals surface area contributed by atoms with Crippen LogP contribution >= 0.6 is 0 Å². The van der Waals surface area contributed by atoms with E-state index in [4.69, 9.17) is 15.6 Å². The maximum Gasteiger partial charge on any atom is 0.257 e. The summed E-state index contributed by atoms with van der Waals surface area (Å²) in [4.78, 5) is 15.3. The molecular formula is C9H13N3O5. The summed E-state index contributed by atoms with van der Waals surface area (Å²) in [5.41, 5.74) is 4.82. The van der Waals surface area contributed by atoms with E-state index in [1.54, 1.807) is 0 Å². The number of aliphatic hydroxyl groups excluding tert-OH is 3. The second kappa shape index (κ2) is 4.41. The van der Waals surface area contributed by atoms with Crippen LogP contribution in [0.3, 0.4) is 0 Å². The molecule has 94 valence electrons. The van der Waals surface area contributed by atoms with E-state index in [0.29, 0.717) is 0 Å². The summed E-state index contributed by atoms with van der Waals surface area (Å²) in [5.74, 6) is 0.0537. The molecule has 8 nitrogen and oxygen atoms in total. The molecule has 17 heavy (non-hydrogen) atoms. The Morgan fingerprint density at radius 1 is 1.47 bits per heavy atom. The number of aliphatic hydroxyl groups is 3. The second-order valence-electron chi connectivity index (χ2n) is 3.79. The molecule has 1 aliphatic rings. The SMILES string of the molecule is Nc1cc(=O)n([C@@H]2O[C@H](CO)[C@@H](O)[C@H]2O)cn1. The molecule has 5 N–H and O–H groups in total. The van der Waals surface area contributed by atoms with E-state index in [2.05, 4.69) is 4.98 Å². The summed E-state index contributed by atoms with van der Waals surface area (Å²) in [6.07, 6.45) is -3.45. The van der Waals surface area contributed by atoms with E-state index in [1.807, 2.05) is 0 Å². The lowest BCUT2D eigenvalue weighted by Crippen LogP contribution is -2.35. The Balaban J connectivity index is 2.32. The second-order valence-corrected chi connectivity index (χ2v) is 3.79. The van der Waals surface area contributed by atoms with Crippen molar-refractivity contribution in [2.45, 2.75) is 24.5 Å². The first-order chi connectivity index (χ1) is 8.04. The smallest absolute Gasteiger partial charge is 0.257 e. The fourth-order valence-electron chi connectivity index (χ4n) is 1.73. The van der Waals surface area contributed by atoms with E-state index in [1.165, 1.54) is 0 Å². The first-order valence-electron chi connectivity index (χ1n) is 5.00. The van der Waals surface area contributed by atoms with Crippen LogP contribution in [-0.4, -0.2) is 49.8 Å². The molecule has 1 saturated heterocycles. The van der Waals surface area contributed by atoms with Crippen molar-refractivity contribution in [2.75, 3.05) is 12.3 Å². The van der Waals surface area contributed by atoms with Crippen LogP contribution in [0.25, 0.3) is 0 Å². The summed E-state index contributed by atoms with van der Waals surface area (Å²) >= 11 is 0. The Kier molecular flexibility index (Phi) is 3.11. The molecule has 0 amide bonds. The molecule has 2 heterocycles. The fourth-order valence-corrected chi connectivity index (χ4v) is 1.73. The van der Waals surface area contributed by atoms with Gasteiger partial charge in [-0.3, -0.25) is 9.36 Å². The minimum Gasteiger partial charge on any atom is -0.394 e. The van der Waals surface area contributed by atoms with Crippen LogP contribution in [0.2, 0.25) is 0 Å². The van der Waals surface area contributed by atoms with Gasteiger partial charge >= 0.3 is 0 Å². The molecule has 0 radical (unpaired) electrons. The van der Waals surface area contributed by atoms with Crippen LogP contribution in [0, 0.1) is 0 Å². The molecule has 1 aromatic rings. The Labute approximate surface area is 95.9 Å². The minimum atomic E-state index is -1.31. The van der Waals surface area contributed by atoms with Gasteiger partial charge in [-0.2, -0.15) is 0 Å². The quantitative estimate of drug-likeness (QED) is 0.449. The van der Waals surface area contributed by atoms with E-state index < -0.39 is 36.7 Å². The number of hydrogen-bond acceptors (Lipinski definition) is 7. The molecule has 8 heteroatoms. The Morgan fingerprint density at radius 3 is 2.71 bits per heavy atom. The number of rotatable bonds is 2. The average Bonchev–Trinajstić information content (AvgIpc) is 2.57. The third-order valence-electron chi connectivity index (χ3n) is 2.65. The molecule has 0 aliphatic carbocycles. The molecule has 0 spiro atoms. The van der Waals surface area contributed by atoms with Crippen molar-refractivity contribution in [1.82, 2.24) is 9.55 Å². The van der Waals surface area contributed by atoms with Crippen molar-refractivity contribution in [2.24, 2.45) is 0 Å². The topological polar surface area (TPSA) is 131 Å². The lowest BCUT2D eigenvalue weighted by Gasteiger charge is -2.16. The number of nitrogen functional groups attached to an aromatic ring is 1. The van der Waals surface area contributed by atoms with Gasteiger partial charge in [0, 0.05) is 6.07 Å². The maximum atomic E-state index is 11.6. The molecule has 2 rings (SSSR count). The van der Waals surface area contributed by atoms with Crippen LogP contribution in [0.5, 0.6) is 0 Å². The zero-order chi connectivity index (χ0) is 12.6. The van der Waals surface area contributed by atoms with Crippen molar-refractivity contribution in [3.8, 4) is 0 Å². The van der Waals surface area contributed by atoms with Gasteiger partial charge in [-0.05, 0) is 0 Å². The molecule has 1 aliphatic heterocycles. The van der Waals surface area contributed by atoms with E-state index >= 15 is 0 Å². The predicted molar refractivity (Wildman–Crippen MR) is 55.9 cm³/mol. The molecule has 1 aromatic heterocycles. The first-order valence-corrected chi connectivity index (χ1v) is 5.00. The first kappa shape index (κ1) is 12.0. The summed E-state index contributed by atoms with van der Waals surface area (Å²) < 4.78 is 6.19. The van der Waals surface area contributed by atoms with Gasteiger partial charge in [0.15, 0.2) is 6.23 Å². The van der Waals surface area contributed by atoms with Gasteiger partial charge in [-0.1, -0.05) is 0 Å². The summed E-state index contributed by atoms with van der Waals surface area (Å²) in [7, 11) is 0. The zero-order valence-electron chi connectivity index (χ0n) is 8.80. The normalized spacial score (nSPS) is 32.9. The summed E-state index contributed by atoms with van der Waals surface area (Å²) in [6.45, 7) is -0.453. The van der Waals surface area contributed by atoms with Crippen molar-refractivity contribution in [1.29, 1.82) is 0 Å². The number of nitrogens with zero attached hydrogens (tertiary/aromatic N) is 2. The highest BCUT2D eigenvalue weighted by Gasteiger charge is 2.43. The van der Waals surface area contributed by atoms with Crippen molar-refractivity contribution < 1.29 is 20.1 Å². The molecule has 0 saturated carbocycles. The number of hydrogen-bond donors (Lipinski definition) is 4. The lowest BCUT2D eigenvalue weighted by molar-refractivity contribution is -0.0548. The lowest BCUT2D eigenvalue weighted by atomic mass is 10.1. The van der Waals surface area contributed by atoms with E-state index in [0.717, 1.165) is 17.0 Å². The monoisotopic (exact) mass is 243 g/mol. The number of anilines is 1. The molecular weight excluding hydrogens is 230 g/mol. The van der Waals surface area contributed by atoms with E-state index in [9.17, 15) is 15.0 Å². The van der Waals surface area contributed by atoms with Crippen molar-refractivity contribution >= 4 is 5.82 Å². The Morgan fingerprint density at radius 2 is 2.18 bits per heavy atom. The molecule has 0 unspecified atom stereocenters. The van der Waals surface area contributed by atoms with Crippen molar-refractivity contribution in [3.63, 3.8) is 0 Å². The minimum absolute atomic E-state index is 0.0537. The third kappa shape index (κ3) is 2.03. The average molecular weight is 243 g/mol. The van der Waals surface area contributed by atoms with Gasteiger partial charge in [0.2, 0.25) is 0 Å². The largest absolute Gasteiger partial charge is 0.394 e. The van der Waals surface area contributed by atoms with E-state index in [-0.39, 0.29) is 5.82 Å². The van der Waals surface area contributed by atoms with Crippen LogP contribution in [0.1, 0.15) is 6.23 Å². The Bertz CT molecular complexity index is 462. The van der Waals surface area contributed by atoms with Gasteiger partial charge in [0.1, 0.15) is 30.5 Å².